The quantitative estimate of drug-likeness (QED) is 0.711. The molecule has 96 valence electrons. The van der Waals surface area contributed by atoms with Gasteiger partial charge in [-0.1, -0.05) is 26.0 Å². The summed E-state index contributed by atoms with van der Waals surface area (Å²) in [6.07, 6.45) is 0.971. The molecule has 1 aromatic carbocycles. The maximum absolute atomic E-state index is 9.12. The number of methoxy groups -OCH3 is 1. The summed E-state index contributed by atoms with van der Waals surface area (Å²) >= 11 is 0. The van der Waals surface area contributed by atoms with E-state index in [4.69, 9.17) is 9.84 Å². The molecule has 0 atom stereocenters. The first-order valence-corrected chi connectivity index (χ1v) is 6.02. The van der Waals surface area contributed by atoms with Gasteiger partial charge < -0.3 is 15.2 Å². The van der Waals surface area contributed by atoms with E-state index in [1.54, 1.807) is 7.11 Å². The average molecular weight is 237 g/mol. The summed E-state index contributed by atoms with van der Waals surface area (Å²) < 4.78 is 5.18. The van der Waals surface area contributed by atoms with Gasteiger partial charge in [0.2, 0.25) is 0 Å². The molecule has 3 heteroatoms. The van der Waals surface area contributed by atoms with Crippen LogP contribution in [0.25, 0.3) is 0 Å². The molecule has 0 unspecified atom stereocenters. The van der Waals surface area contributed by atoms with Gasteiger partial charge in [0.1, 0.15) is 5.75 Å². The third kappa shape index (κ3) is 5.20. The zero-order valence-corrected chi connectivity index (χ0v) is 11.0. The van der Waals surface area contributed by atoms with Crippen molar-refractivity contribution in [1.82, 2.24) is 5.32 Å². The smallest absolute Gasteiger partial charge is 0.119 e. The Kier molecular flexibility index (Phi) is 5.45. The lowest BCUT2D eigenvalue weighted by Gasteiger charge is -2.21. The molecule has 0 fully saturated rings. The summed E-state index contributed by atoms with van der Waals surface area (Å²) in [6, 6.07) is 8.11. The minimum Gasteiger partial charge on any atom is -0.497 e. The number of nitrogens with one attached hydrogen (secondary N) is 1. The van der Waals surface area contributed by atoms with E-state index in [9.17, 15) is 0 Å². The Morgan fingerprint density at radius 2 is 2.12 bits per heavy atom. The number of hydrogen-bond donors (Lipinski definition) is 2. The van der Waals surface area contributed by atoms with Gasteiger partial charge in [0.15, 0.2) is 0 Å². The van der Waals surface area contributed by atoms with E-state index in [-0.39, 0.29) is 12.0 Å². The van der Waals surface area contributed by atoms with Crippen LogP contribution in [0, 0.1) is 5.41 Å². The lowest BCUT2D eigenvalue weighted by Crippen LogP contribution is -2.33. The molecule has 0 saturated carbocycles. The predicted octanol–water partition coefficient (Wildman–Crippen LogP) is 1.85. The molecule has 0 saturated heterocycles. The van der Waals surface area contributed by atoms with Crippen LogP contribution in [0.15, 0.2) is 24.3 Å². The minimum atomic E-state index is -0.0472. The van der Waals surface area contributed by atoms with Crippen molar-refractivity contribution in [3.63, 3.8) is 0 Å². The lowest BCUT2D eigenvalue weighted by atomic mass is 9.95. The highest BCUT2D eigenvalue weighted by Gasteiger charge is 2.14. The zero-order chi connectivity index (χ0) is 12.7. The molecule has 0 bridgehead atoms. The third-order valence-corrected chi connectivity index (χ3v) is 2.76. The van der Waals surface area contributed by atoms with Crippen LogP contribution < -0.4 is 10.1 Å². The SMILES string of the molecule is COc1cccc(CCNCC(C)(C)CO)c1. The summed E-state index contributed by atoms with van der Waals surface area (Å²) in [4.78, 5) is 0. The number of ether oxygens (including phenoxy) is 1. The van der Waals surface area contributed by atoms with Gasteiger partial charge in [-0.3, -0.25) is 0 Å². The van der Waals surface area contributed by atoms with Crippen LogP contribution in [0.1, 0.15) is 19.4 Å². The third-order valence-electron chi connectivity index (χ3n) is 2.76. The van der Waals surface area contributed by atoms with Crippen molar-refractivity contribution < 1.29 is 9.84 Å². The molecule has 2 N–H and O–H groups in total. The van der Waals surface area contributed by atoms with Crippen molar-refractivity contribution in [3.8, 4) is 5.75 Å². The number of benzene rings is 1. The second kappa shape index (κ2) is 6.62. The van der Waals surface area contributed by atoms with Crippen molar-refractivity contribution in [1.29, 1.82) is 0 Å². The second-order valence-electron chi connectivity index (χ2n) is 5.10. The van der Waals surface area contributed by atoms with Crippen molar-refractivity contribution in [2.45, 2.75) is 20.3 Å². The van der Waals surface area contributed by atoms with Gasteiger partial charge in [-0.25, -0.2) is 0 Å². The van der Waals surface area contributed by atoms with Crippen LogP contribution in [-0.4, -0.2) is 31.9 Å². The first kappa shape index (κ1) is 14.0. The zero-order valence-electron chi connectivity index (χ0n) is 11.0. The topological polar surface area (TPSA) is 41.5 Å². The van der Waals surface area contributed by atoms with E-state index in [1.807, 2.05) is 26.0 Å². The summed E-state index contributed by atoms with van der Waals surface area (Å²) in [6.45, 7) is 6.04. The van der Waals surface area contributed by atoms with E-state index in [0.29, 0.717) is 0 Å². The Labute approximate surface area is 104 Å². The van der Waals surface area contributed by atoms with Crippen LogP contribution in [0.2, 0.25) is 0 Å². The highest BCUT2D eigenvalue weighted by molar-refractivity contribution is 5.28. The standard InChI is InChI=1S/C14H23NO2/c1-14(2,11-16)10-15-8-7-12-5-4-6-13(9-12)17-3/h4-6,9,15-16H,7-8,10-11H2,1-3H3. The first-order valence-electron chi connectivity index (χ1n) is 6.02. The van der Waals surface area contributed by atoms with Crippen molar-refractivity contribution in [3.05, 3.63) is 29.8 Å². The van der Waals surface area contributed by atoms with E-state index >= 15 is 0 Å². The van der Waals surface area contributed by atoms with Gasteiger partial charge >= 0.3 is 0 Å². The monoisotopic (exact) mass is 237 g/mol. The fourth-order valence-corrected chi connectivity index (χ4v) is 1.54. The lowest BCUT2D eigenvalue weighted by molar-refractivity contribution is 0.157. The number of rotatable bonds is 7. The molecule has 0 aliphatic rings. The molecule has 1 rings (SSSR count). The molecule has 3 nitrogen and oxygen atoms in total. The van der Waals surface area contributed by atoms with E-state index in [1.165, 1.54) is 5.56 Å². The van der Waals surface area contributed by atoms with Crippen LogP contribution in [0.4, 0.5) is 0 Å². The fourth-order valence-electron chi connectivity index (χ4n) is 1.54. The van der Waals surface area contributed by atoms with Crippen LogP contribution in [0.3, 0.4) is 0 Å². The molecule has 0 amide bonds. The largest absolute Gasteiger partial charge is 0.497 e. The van der Waals surface area contributed by atoms with Crippen molar-refractivity contribution >= 4 is 0 Å². The van der Waals surface area contributed by atoms with Crippen LogP contribution in [0.5, 0.6) is 5.75 Å². The molecule has 0 aliphatic carbocycles. The molecule has 0 aromatic heterocycles. The maximum Gasteiger partial charge on any atom is 0.119 e. The number of hydrogen-bond acceptors (Lipinski definition) is 3. The Bertz CT molecular complexity index is 337. The molecule has 0 radical (unpaired) electrons. The molecular weight excluding hydrogens is 214 g/mol. The number of aliphatic hydroxyl groups excluding tert-OH is 1. The van der Waals surface area contributed by atoms with Gasteiger partial charge in [0.05, 0.1) is 7.11 Å². The van der Waals surface area contributed by atoms with E-state index in [2.05, 4.69) is 17.4 Å². The molecule has 17 heavy (non-hydrogen) atoms. The van der Waals surface area contributed by atoms with E-state index in [0.717, 1.165) is 25.3 Å². The minimum absolute atomic E-state index is 0.0472. The number of aliphatic hydroxyl groups is 1. The summed E-state index contributed by atoms with van der Waals surface area (Å²) in [7, 11) is 1.68. The molecular formula is C14H23NO2. The van der Waals surface area contributed by atoms with Crippen molar-refractivity contribution in [2.24, 2.45) is 5.41 Å². The maximum atomic E-state index is 9.12. The highest BCUT2D eigenvalue weighted by atomic mass is 16.5. The van der Waals surface area contributed by atoms with E-state index < -0.39 is 0 Å². The van der Waals surface area contributed by atoms with Gasteiger partial charge in [-0.05, 0) is 30.7 Å². The molecule has 1 aromatic rings. The summed E-state index contributed by atoms with van der Waals surface area (Å²) in [5, 5.41) is 12.5. The van der Waals surface area contributed by atoms with Gasteiger partial charge in [0.25, 0.3) is 0 Å². The van der Waals surface area contributed by atoms with Crippen molar-refractivity contribution in [2.75, 3.05) is 26.8 Å². The Balaban J connectivity index is 2.31. The normalized spacial score (nSPS) is 11.5. The second-order valence-corrected chi connectivity index (χ2v) is 5.10. The van der Waals surface area contributed by atoms with Gasteiger partial charge in [0, 0.05) is 18.6 Å². The Morgan fingerprint density at radius 1 is 1.35 bits per heavy atom. The first-order chi connectivity index (χ1) is 8.07. The van der Waals surface area contributed by atoms with Gasteiger partial charge in [-0.15, -0.1) is 0 Å². The summed E-state index contributed by atoms with van der Waals surface area (Å²) in [5.41, 5.74) is 1.22. The molecule has 0 spiro atoms. The Hall–Kier alpha value is -1.06. The highest BCUT2D eigenvalue weighted by Crippen LogP contribution is 2.13. The fraction of sp³-hybridized carbons (Fsp3) is 0.571. The molecule has 0 heterocycles. The predicted molar refractivity (Wildman–Crippen MR) is 70.4 cm³/mol. The summed E-state index contributed by atoms with van der Waals surface area (Å²) in [5.74, 6) is 0.901. The Morgan fingerprint density at radius 3 is 2.76 bits per heavy atom. The van der Waals surface area contributed by atoms with Crippen LogP contribution >= 0.6 is 0 Å². The van der Waals surface area contributed by atoms with Gasteiger partial charge in [-0.2, -0.15) is 0 Å². The van der Waals surface area contributed by atoms with Crippen LogP contribution in [-0.2, 0) is 6.42 Å². The average Bonchev–Trinajstić information content (AvgIpc) is 2.35. The molecule has 0 aliphatic heterocycles.